The molecule has 3 aromatic rings. The second-order valence-corrected chi connectivity index (χ2v) is 7.84. The van der Waals surface area contributed by atoms with Gasteiger partial charge in [0.25, 0.3) is 5.91 Å². The number of halogens is 1. The molecule has 0 spiro atoms. The van der Waals surface area contributed by atoms with Crippen LogP contribution in [0.15, 0.2) is 57.8 Å². The van der Waals surface area contributed by atoms with Crippen molar-refractivity contribution in [3.63, 3.8) is 0 Å². The number of hydrogen-bond acceptors (Lipinski definition) is 6. The summed E-state index contributed by atoms with van der Waals surface area (Å²) in [4.78, 5) is 12.3. The van der Waals surface area contributed by atoms with Gasteiger partial charge in [-0.05, 0) is 48.5 Å². The van der Waals surface area contributed by atoms with E-state index in [1.54, 1.807) is 0 Å². The number of benzene rings is 2. The topological polar surface area (TPSA) is 105 Å². The molecule has 1 heterocycles. The number of hydrogen-bond donors (Lipinski definition) is 1. The van der Waals surface area contributed by atoms with Gasteiger partial charge in [-0.1, -0.05) is 5.10 Å². The van der Waals surface area contributed by atoms with Crippen molar-refractivity contribution >= 4 is 21.9 Å². The van der Waals surface area contributed by atoms with E-state index in [2.05, 4.69) is 15.5 Å². The van der Waals surface area contributed by atoms with Crippen LogP contribution in [-0.2, 0) is 10.0 Å². The largest absolute Gasteiger partial charge is 0.403 e. The highest BCUT2D eigenvalue weighted by Crippen LogP contribution is 2.20. The normalized spacial score (nSPS) is 11.6. The predicted octanol–water partition coefficient (Wildman–Crippen LogP) is 2.38. The minimum absolute atomic E-state index is 0.0698. The average Bonchev–Trinajstić information content (AvgIpc) is 3.10. The SMILES string of the molecule is CN(C)S(=O)(=O)c1ccc(C(=O)Nc2nnc(-c3ccc(F)cc3)o2)cc1. The molecule has 0 fully saturated rings. The van der Waals surface area contributed by atoms with E-state index in [0.717, 1.165) is 4.31 Å². The molecule has 1 amide bonds. The summed E-state index contributed by atoms with van der Waals surface area (Å²) in [6, 6.07) is 10.7. The number of rotatable bonds is 5. The lowest BCUT2D eigenvalue weighted by Gasteiger charge is -2.11. The zero-order chi connectivity index (χ0) is 19.6. The second-order valence-electron chi connectivity index (χ2n) is 5.69. The van der Waals surface area contributed by atoms with E-state index in [-0.39, 0.29) is 22.4 Å². The van der Waals surface area contributed by atoms with Crippen molar-refractivity contribution < 1.29 is 22.0 Å². The van der Waals surface area contributed by atoms with Gasteiger partial charge in [0, 0.05) is 25.2 Å². The molecule has 8 nitrogen and oxygen atoms in total. The van der Waals surface area contributed by atoms with Crippen LogP contribution in [0.5, 0.6) is 0 Å². The van der Waals surface area contributed by atoms with Gasteiger partial charge < -0.3 is 4.42 Å². The number of carbonyl (C=O) groups excluding carboxylic acids is 1. The molecule has 1 N–H and O–H groups in total. The Morgan fingerprint density at radius 3 is 2.26 bits per heavy atom. The Hall–Kier alpha value is -3.11. The van der Waals surface area contributed by atoms with Crippen LogP contribution in [0.25, 0.3) is 11.5 Å². The quantitative estimate of drug-likeness (QED) is 0.717. The number of sulfonamides is 1. The predicted molar refractivity (Wildman–Crippen MR) is 95.0 cm³/mol. The van der Waals surface area contributed by atoms with Gasteiger partial charge >= 0.3 is 6.01 Å². The zero-order valence-corrected chi connectivity index (χ0v) is 15.2. The standard InChI is InChI=1S/C17H15FN4O4S/c1-22(2)27(24,25)14-9-5-11(6-10-14)15(23)19-17-21-20-16(26-17)12-3-7-13(18)8-4-12/h3-10H,1-2H3,(H,19,21,23). The smallest absolute Gasteiger partial charge is 0.322 e. The highest BCUT2D eigenvalue weighted by atomic mass is 32.2. The van der Waals surface area contributed by atoms with E-state index in [1.165, 1.54) is 62.6 Å². The van der Waals surface area contributed by atoms with Crippen molar-refractivity contribution in [1.82, 2.24) is 14.5 Å². The number of aromatic nitrogens is 2. The molecule has 0 aliphatic carbocycles. The Kier molecular flexibility index (Phi) is 5.02. The van der Waals surface area contributed by atoms with Crippen LogP contribution < -0.4 is 5.32 Å². The van der Waals surface area contributed by atoms with E-state index >= 15 is 0 Å². The maximum atomic E-state index is 12.9. The Balaban J connectivity index is 1.73. The van der Waals surface area contributed by atoms with Crippen LogP contribution in [-0.4, -0.2) is 42.9 Å². The van der Waals surface area contributed by atoms with Gasteiger partial charge in [0.2, 0.25) is 15.9 Å². The van der Waals surface area contributed by atoms with Crippen molar-refractivity contribution in [1.29, 1.82) is 0 Å². The number of amides is 1. The van der Waals surface area contributed by atoms with E-state index in [9.17, 15) is 17.6 Å². The van der Waals surface area contributed by atoms with Crippen molar-refractivity contribution in [2.45, 2.75) is 4.90 Å². The van der Waals surface area contributed by atoms with Gasteiger partial charge in [0.15, 0.2) is 0 Å². The molecule has 3 rings (SSSR count). The summed E-state index contributed by atoms with van der Waals surface area (Å²) in [5.74, 6) is -0.817. The van der Waals surface area contributed by atoms with Crippen molar-refractivity contribution in [3.8, 4) is 11.5 Å². The maximum Gasteiger partial charge on any atom is 0.322 e. The van der Waals surface area contributed by atoms with Crippen molar-refractivity contribution in [2.75, 3.05) is 19.4 Å². The van der Waals surface area contributed by atoms with Gasteiger partial charge in [-0.15, -0.1) is 5.10 Å². The third-order valence-electron chi connectivity index (χ3n) is 3.63. The fourth-order valence-corrected chi connectivity index (χ4v) is 3.04. The minimum Gasteiger partial charge on any atom is -0.403 e. The number of anilines is 1. The number of nitrogens with zero attached hydrogens (tertiary/aromatic N) is 3. The molecule has 0 aliphatic heterocycles. The fraction of sp³-hybridized carbons (Fsp3) is 0.118. The maximum absolute atomic E-state index is 12.9. The van der Waals surface area contributed by atoms with Gasteiger partial charge in [-0.2, -0.15) is 0 Å². The van der Waals surface area contributed by atoms with E-state index in [4.69, 9.17) is 4.42 Å². The summed E-state index contributed by atoms with van der Waals surface area (Å²) in [7, 11) is -0.733. The molecule has 27 heavy (non-hydrogen) atoms. The summed E-state index contributed by atoms with van der Waals surface area (Å²) in [6.45, 7) is 0. The van der Waals surface area contributed by atoms with Gasteiger partial charge in [0.05, 0.1) is 4.90 Å². The van der Waals surface area contributed by atoms with Crippen LogP contribution in [0.1, 0.15) is 10.4 Å². The van der Waals surface area contributed by atoms with Crippen LogP contribution in [0.2, 0.25) is 0 Å². The summed E-state index contributed by atoms with van der Waals surface area (Å²) in [5.41, 5.74) is 0.719. The molecule has 0 saturated heterocycles. The Labute approximate surface area is 154 Å². The Bertz CT molecular complexity index is 1060. The first-order chi connectivity index (χ1) is 12.8. The van der Waals surface area contributed by atoms with Gasteiger partial charge in [-0.25, -0.2) is 17.1 Å². The molecule has 0 atom stereocenters. The van der Waals surface area contributed by atoms with Crippen LogP contribution in [0, 0.1) is 5.82 Å². The molecule has 140 valence electrons. The average molecular weight is 390 g/mol. The molecule has 10 heteroatoms. The van der Waals surface area contributed by atoms with Gasteiger partial charge in [-0.3, -0.25) is 10.1 Å². The third-order valence-corrected chi connectivity index (χ3v) is 5.46. The molecule has 2 aromatic carbocycles. The minimum atomic E-state index is -3.57. The summed E-state index contributed by atoms with van der Waals surface area (Å²) in [6.07, 6.45) is 0. The van der Waals surface area contributed by atoms with Crippen LogP contribution in [0.3, 0.4) is 0 Å². The third kappa shape index (κ3) is 4.01. The Morgan fingerprint density at radius 1 is 1.04 bits per heavy atom. The summed E-state index contributed by atoms with van der Waals surface area (Å²) < 4.78 is 43.4. The summed E-state index contributed by atoms with van der Waals surface area (Å²) >= 11 is 0. The molecular weight excluding hydrogens is 375 g/mol. The number of carbonyl (C=O) groups is 1. The monoisotopic (exact) mass is 390 g/mol. The molecule has 1 aromatic heterocycles. The molecule has 0 saturated carbocycles. The summed E-state index contributed by atoms with van der Waals surface area (Å²) in [5, 5.41) is 9.93. The Morgan fingerprint density at radius 2 is 1.67 bits per heavy atom. The molecule has 0 bridgehead atoms. The fourth-order valence-electron chi connectivity index (χ4n) is 2.14. The van der Waals surface area contributed by atoms with E-state index < -0.39 is 21.7 Å². The molecule has 0 unspecified atom stereocenters. The van der Waals surface area contributed by atoms with Crippen molar-refractivity contribution in [2.24, 2.45) is 0 Å². The first-order valence-electron chi connectivity index (χ1n) is 7.71. The molecular formula is C17H15FN4O4S. The first kappa shape index (κ1) is 18.7. The van der Waals surface area contributed by atoms with Crippen molar-refractivity contribution in [3.05, 3.63) is 59.9 Å². The molecule has 0 radical (unpaired) electrons. The lowest BCUT2D eigenvalue weighted by atomic mass is 10.2. The lowest BCUT2D eigenvalue weighted by molar-refractivity contribution is 0.102. The highest BCUT2D eigenvalue weighted by molar-refractivity contribution is 7.89. The second kappa shape index (κ2) is 7.25. The molecule has 0 aliphatic rings. The van der Waals surface area contributed by atoms with E-state index in [1.807, 2.05) is 0 Å². The lowest BCUT2D eigenvalue weighted by Crippen LogP contribution is -2.22. The first-order valence-corrected chi connectivity index (χ1v) is 9.15. The van der Waals surface area contributed by atoms with Crippen LogP contribution in [0.4, 0.5) is 10.4 Å². The highest BCUT2D eigenvalue weighted by Gasteiger charge is 2.18. The zero-order valence-electron chi connectivity index (χ0n) is 14.4. The number of nitrogens with one attached hydrogen (secondary N) is 1. The van der Waals surface area contributed by atoms with E-state index in [0.29, 0.717) is 5.56 Å². The van der Waals surface area contributed by atoms with Crippen LogP contribution >= 0.6 is 0 Å². The van der Waals surface area contributed by atoms with Gasteiger partial charge in [0.1, 0.15) is 5.82 Å².